The van der Waals surface area contributed by atoms with Crippen LogP contribution in [0.25, 0.3) is 0 Å². The summed E-state index contributed by atoms with van der Waals surface area (Å²) in [6, 6.07) is 5.37. The predicted molar refractivity (Wildman–Crippen MR) is 93.7 cm³/mol. The molecule has 4 aliphatic rings. The Morgan fingerprint density at radius 3 is 3.26 bits per heavy atom. The van der Waals surface area contributed by atoms with Crippen LogP contribution in [0.15, 0.2) is 29.2 Å². The first kappa shape index (κ1) is 14.6. The molecule has 4 atom stereocenters. The van der Waals surface area contributed by atoms with Crippen molar-refractivity contribution >= 4 is 29.1 Å². The molecule has 2 bridgehead atoms. The summed E-state index contributed by atoms with van der Waals surface area (Å²) in [5.41, 5.74) is 1.03. The van der Waals surface area contributed by atoms with Crippen LogP contribution in [0.3, 0.4) is 0 Å². The van der Waals surface area contributed by atoms with Crippen molar-refractivity contribution in [1.82, 2.24) is 4.90 Å². The van der Waals surface area contributed by atoms with Crippen molar-refractivity contribution < 1.29 is 9.53 Å². The van der Waals surface area contributed by atoms with Crippen molar-refractivity contribution in [3.63, 3.8) is 0 Å². The largest absolute Gasteiger partial charge is 0.450 e. The van der Waals surface area contributed by atoms with E-state index in [1.54, 1.807) is 0 Å². The van der Waals surface area contributed by atoms with Crippen molar-refractivity contribution in [2.75, 3.05) is 6.54 Å². The van der Waals surface area contributed by atoms with Crippen molar-refractivity contribution in [3.8, 4) is 0 Å². The summed E-state index contributed by atoms with van der Waals surface area (Å²) in [6.07, 6.45) is 7.61. The molecule has 0 amide bonds. The molecule has 4 unspecified atom stereocenters. The van der Waals surface area contributed by atoms with Gasteiger partial charge in [0.1, 0.15) is 0 Å². The monoisotopic (exact) mass is 347 g/mol. The topological polar surface area (TPSA) is 29.5 Å². The molecule has 2 saturated heterocycles. The highest BCUT2D eigenvalue weighted by atomic mass is 32.2. The lowest BCUT2D eigenvalue weighted by atomic mass is 9.77. The molecule has 3 nitrogen and oxygen atoms in total. The third-order valence-corrected chi connectivity index (χ3v) is 8.45. The maximum Gasteiger partial charge on any atom is 0.331 e. The maximum atomic E-state index is 12.0. The number of thiophene rings is 1. The van der Waals surface area contributed by atoms with Gasteiger partial charge in [-0.05, 0) is 42.8 Å². The van der Waals surface area contributed by atoms with Gasteiger partial charge in [-0.25, -0.2) is 4.79 Å². The lowest BCUT2D eigenvalue weighted by Crippen LogP contribution is -2.48. The Morgan fingerprint density at radius 2 is 2.39 bits per heavy atom. The fourth-order valence-electron chi connectivity index (χ4n) is 5.09. The van der Waals surface area contributed by atoms with Gasteiger partial charge in [0.2, 0.25) is 0 Å². The summed E-state index contributed by atoms with van der Waals surface area (Å²) in [5.74, 6) is 0.988. The van der Waals surface area contributed by atoms with Gasteiger partial charge in [-0.1, -0.05) is 12.5 Å². The van der Waals surface area contributed by atoms with E-state index in [4.69, 9.17) is 4.74 Å². The number of carbonyl (C=O) groups excluding carboxylic acids is 1. The summed E-state index contributed by atoms with van der Waals surface area (Å²) < 4.78 is 5.93. The number of ether oxygens (including phenoxy) is 1. The molecule has 1 aromatic heterocycles. The molecule has 0 N–H and O–H groups in total. The third kappa shape index (κ3) is 2.16. The van der Waals surface area contributed by atoms with Crippen molar-refractivity contribution in [2.24, 2.45) is 0 Å². The van der Waals surface area contributed by atoms with Gasteiger partial charge in [-0.3, -0.25) is 4.90 Å². The molecule has 5 heteroatoms. The van der Waals surface area contributed by atoms with Crippen molar-refractivity contribution in [2.45, 2.75) is 60.8 Å². The normalized spacial score (nSPS) is 38.9. The van der Waals surface area contributed by atoms with Crippen LogP contribution >= 0.6 is 23.1 Å². The van der Waals surface area contributed by atoms with Crippen molar-refractivity contribution in [1.29, 1.82) is 0 Å². The highest BCUT2D eigenvalue weighted by Gasteiger charge is 2.63. The van der Waals surface area contributed by atoms with Crippen LogP contribution in [0.5, 0.6) is 0 Å². The van der Waals surface area contributed by atoms with Crippen molar-refractivity contribution in [3.05, 3.63) is 34.0 Å². The molecule has 1 saturated carbocycles. The molecule has 0 radical (unpaired) electrons. The quantitative estimate of drug-likeness (QED) is 0.782. The van der Waals surface area contributed by atoms with E-state index in [0.29, 0.717) is 17.3 Å². The first-order valence-corrected chi connectivity index (χ1v) is 10.5. The SMILES string of the molecule is O=C1C=C2CC(SCc3cccs3)C3CC2(O1)C1CCCCN31. The van der Waals surface area contributed by atoms with Crippen LogP contribution in [-0.4, -0.2) is 40.3 Å². The van der Waals surface area contributed by atoms with Gasteiger partial charge in [0.05, 0.1) is 6.04 Å². The van der Waals surface area contributed by atoms with Crippen LogP contribution in [0.4, 0.5) is 0 Å². The molecule has 3 aliphatic heterocycles. The second-order valence-corrected chi connectivity index (χ2v) is 9.39. The lowest BCUT2D eigenvalue weighted by molar-refractivity contribution is -0.148. The minimum Gasteiger partial charge on any atom is -0.450 e. The number of hydrogen-bond donors (Lipinski definition) is 0. The van der Waals surface area contributed by atoms with Crippen LogP contribution in [-0.2, 0) is 15.3 Å². The first-order valence-electron chi connectivity index (χ1n) is 8.60. The number of piperidine rings is 1. The number of nitrogens with zero attached hydrogens (tertiary/aromatic N) is 1. The van der Waals surface area contributed by atoms with E-state index in [1.165, 1.54) is 36.3 Å². The lowest BCUT2D eigenvalue weighted by Gasteiger charge is -2.38. The molecule has 5 rings (SSSR count). The van der Waals surface area contributed by atoms with Crippen LogP contribution in [0, 0.1) is 0 Å². The van der Waals surface area contributed by atoms with Gasteiger partial charge in [0.15, 0.2) is 5.60 Å². The van der Waals surface area contributed by atoms with E-state index in [9.17, 15) is 4.79 Å². The number of rotatable bonds is 3. The van der Waals surface area contributed by atoms with Crippen LogP contribution in [0.2, 0.25) is 0 Å². The molecule has 3 fully saturated rings. The molecule has 23 heavy (non-hydrogen) atoms. The molecule has 1 aromatic rings. The molecule has 4 heterocycles. The number of fused-ring (bicyclic) bond motifs is 3. The van der Waals surface area contributed by atoms with E-state index >= 15 is 0 Å². The minimum atomic E-state index is -0.262. The Bertz CT molecular complexity index is 656. The Balaban J connectivity index is 1.44. The van der Waals surface area contributed by atoms with E-state index in [1.807, 2.05) is 17.4 Å². The number of esters is 1. The zero-order valence-corrected chi connectivity index (χ0v) is 14.7. The fraction of sp³-hybridized carbons (Fsp3) is 0.611. The summed E-state index contributed by atoms with van der Waals surface area (Å²) >= 11 is 3.92. The standard InChI is InChI=1S/C18H21NO2S2/c20-17-9-12-8-15(23-11-13-4-3-7-22-13)14-10-18(12,21-17)16-5-1-2-6-19(14)16/h3-4,7,9,14-16H,1-2,5-6,8,10-11H2. The molecule has 122 valence electrons. The molecular formula is C18H21NO2S2. The number of hydrogen-bond acceptors (Lipinski definition) is 5. The van der Waals surface area contributed by atoms with Gasteiger partial charge >= 0.3 is 5.97 Å². The molecule has 1 spiro atoms. The second kappa shape index (κ2) is 5.36. The van der Waals surface area contributed by atoms with E-state index < -0.39 is 0 Å². The Kier molecular flexibility index (Phi) is 3.39. The van der Waals surface area contributed by atoms with Gasteiger partial charge in [0, 0.05) is 34.4 Å². The smallest absolute Gasteiger partial charge is 0.331 e. The van der Waals surface area contributed by atoms with Gasteiger partial charge in [-0.15, -0.1) is 11.3 Å². The van der Waals surface area contributed by atoms with E-state index in [2.05, 4.69) is 34.2 Å². The minimum absolute atomic E-state index is 0.102. The first-order chi connectivity index (χ1) is 11.3. The highest BCUT2D eigenvalue weighted by molar-refractivity contribution is 7.99. The number of thioether (sulfide) groups is 1. The summed E-state index contributed by atoms with van der Waals surface area (Å²) in [4.78, 5) is 16.1. The second-order valence-electron chi connectivity index (χ2n) is 7.13. The highest BCUT2D eigenvalue weighted by Crippen LogP contribution is 2.56. The molecular weight excluding hydrogens is 326 g/mol. The zero-order valence-electron chi connectivity index (χ0n) is 13.1. The van der Waals surface area contributed by atoms with E-state index in [0.717, 1.165) is 18.6 Å². The average Bonchev–Trinajstić information content (AvgIpc) is 3.24. The van der Waals surface area contributed by atoms with Gasteiger partial charge in [-0.2, -0.15) is 11.8 Å². The predicted octanol–water partition coefficient (Wildman–Crippen LogP) is 3.60. The Morgan fingerprint density at radius 1 is 1.43 bits per heavy atom. The van der Waals surface area contributed by atoms with Crippen LogP contribution < -0.4 is 0 Å². The molecule has 0 aromatic carbocycles. The Hall–Kier alpha value is -0.780. The van der Waals surface area contributed by atoms with E-state index in [-0.39, 0.29) is 11.6 Å². The summed E-state index contributed by atoms with van der Waals surface area (Å²) in [5, 5.41) is 2.75. The van der Waals surface area contributed by atoms with Gasteiger partial charge in [0.25, 0.3) is 0 Å². The Labute approximate surface area is 145 Å². The fourth-order valence-corrected chi connectivity index (χ4v) is 7.30. The summed E-state index contributed by atoms with van der Waals surface area (Å²) in [7, 11) is 0. The average molecular weight is 348 g/mol. The number of carbonyl (C=O) groups is 1. The third-order valence-electron chi connectivity index (χ3n) is 6.01. The summed E-state index contributed by atoms with van der Waals surface area (Å²) in [6.45, 7) is 1.18. The molecule has 1 aliphatic carbocycles. The maximum absolute atomic E-state index is 12.0. The zero-order chi connectivity index (χ0) is 15.4. The van der Waals surface area contributed by atoms with Gasteiger partial charge < -0.3 is 4.74 Å². The van der Waals surface area contributed by atoms with Crippen LogP contribution in [0.1, 0.15) is 37.0 Å².